The normalized spacial score (nSPS) is 12.2. The van der Waals surface area contributed by atoms with E-state index >= 15 is 0 Å². The summed E-state index contributed by atoms with van der Waals surface area (Å²) in [7, 11) is 0. The average Bonchev–Trinajstić information content (AvgIpc) is 2.90. The molecule has 0 saturated heterocycles. The lowest BCUT2D eigenvalue weighted by molar-refractivity contribution is 0.0935. The van der Waals surface area contributed by atoms with E-state index in [0.29, 0.717) is 17.3 Å². The monoisotopic (exact) mass is 309 g/mol. The van der Waals surface area contributed by atoms with Crippen molar-refractivity contribution in [2.24, 2.45) is 5.73 Å². The Bertz CT molecular complexity index is 582. The molecule has 0 radical (unpaired) electrons. The van der Waals surface area contributed by atoms with Crippen molar-refractivity contribution in [2.75, 3.05) is 0 Å². The van der Waals surface area contributed by atoms with Crippen LogP contribution in [-0.2, 0) is 13.0 Å². The third-order valence-corrected chi connectivity index (χ3v) is 3.91. The summed E-state index contributed by atoms with van der Waals surface area (Å²) in [4.78, 5) is 16.2. The van der Waals surface area contributed by atoms with Crippen LogP contribution in [0, 0.1) is 0 Å². The largest absolute Gasteiger partial charge is 0.348 e. The second kappa shape index (κ2) is 6.83. The van der Waals surface area contributed by atoms with Crippen LogP contribution in [-0.4, -0.2) is 16.9 Å². The molecular weight excluding hydrogens is 294 g/mol. The van der Waals surface area contributed by atoms with Gasteiger partial charge in [0.15, 0.2) is 0 Å². The van der Waals surface area contributed by atoms with Gasteiger partial charge in [-0.15, -0.1) is 11.3 Å². The molecule has 0 saturated carbocycles. The van der Waals surface area contributed by atoms with Crippen LogP contribution in [0.3, 0.4) is 0 Å². The molecule has 0 aliphatic heterocycles. The Balaban J connectivity index is 1.92. The maximum atomic E-state index is 12.0. The summed E-state index contributed by atoms with van der Waals surface area (Å²) in [6.07, 6.45) is 0.747. The maximum Gasteiger partial charge on any atom is 0.270 e. The molecule has 1 aromatic carbocycles. The molecule has 0 aliphatic rings. The Morgan fingerprint density at radius 3 is 2.75 bits per heavy atom. The Labute approximate surface area is 127 Å². The summed E-state index contributed by atoms with van der Waals surface area (Å²) in [5.74, 6) is -0.164. The first-order chi connectivity index (χ1) is 9.58. The van der Waals surface area contributed by atoms with Gasteiger partial charge in [-0.25, -0.2) is 4.98 Å². The molecule has 1 unspecified atom stereocenters. The van der Waals surface area contributed by atoms with Crippen molar-refractivity contribution in [2.45, 2.75) is 25.9 Å². The molecule has 4 nitrogen and oxygen atoms in total. The zero-order valence-corrected chi connectivity index (χ0v) is 12.7. The Morgan fingerprint density at radius 2 is 2.15 bits per heavy atom. The predicted octanol–water partition coefficient (Wildman–Crippen LogP) is 2.62. The molecule has 0 fully saturated rings. The van der Waals surface area contributed by atoms with E-state index < -0.39 is 0 Å². The first kappa shape index (κ1) is 15.0. The molecule has 0 aliphatic carbocycles. The number of nitrogens with two attached hydrogens (primary N) is 1. The summed E-state index contributed by atoms with van der Waals surface area (Å²) in [5.41, 5.74) is 7.04. The quantitative estimate of drug-likeness (QED) is 0.892. The van der Waals surface area contributed by atoms with Crippen LogP contribution in [0.15, 0.2) is 29.6 Å². The highest BCUT2D eigenvalue weighted by atomic mass is 35.5. The minimum absolute atomic E-state index is 0.0201. The molecule has 1 atom stereocenters. The average molecular weight is 310 g/mol. The maximum absolute atomic E-state index is 12.0. The van der Waals surface area contributed by atoms with Gasteiger partial charge >= 0.3 is 0 Å². The van der Waals surface area contributed by atoms with Crippen molar-refractivity contribution in [3.8, 4) is 0 Å². The van der Waals surface area contributed by atoms with Crippen molar-refractivity contribution in [1.82, 2.24) is 10.3 Å². The lowest BCUT2D eigenvalue weighted by Crippen LogP contribution is -2.34. The van der Waals surface area contributed by atoms with Gasteiger partial charge in [0.05, 0.1) is 0 Å². The molecule has 1 amide bonds. The number of hydrogen-bond donors (Lipinski definition) is 2. The molecule has 20 heavy (non-hydrogen) atoms. The van der Waals surface area contributed by atoms with Crippen molar-refractivity contribution in [3.63, 3.8) is 0 Å². The minimum Gasteiger partial charge on any atom is -0.348 e. The van der Waals surface area contributed by atoms with Crippen LogP contribution in [0.1, 0.15) is 28.0 Å². The third-order valence-electron chi connectivity index (χ3n) is 2.79. The molecule has 2 aromatic rings. The van der Waals surface area contributed by atoms with E-state index in [1.54, 1.807) is 5.38 Å². The van der Waals surface area contributed by atoms with Gasteiger partial charge in [-0.3, -0.25) is 4.79 Å². The van der Waals surface area contributed by atoms with E-state index in [0.717, 1.165) is 17.0 Å². The van der Waals surface area contributed by atoms with Gasteiger partial charge in [-0.1, -0.05) is 23.7 Å². The van der Waals surface area contributed by atoms with Gasteiger partial charge < -0.3 is 11.1 Å². The van der Waals surface area contributed by atoms with Crippen LogP contribution in [0.2, 0.25) is 5.02 Å². The number of amides is 1. The number of halogens is 1. The standard InChI is InChI=1S/C14H16ClN3OS/c1-9(6-10-2-4-11(15)5-3-10)17-14(19)12-8-20-13(7-16)18-12/h2-5,8-9H,6-7,16H2,1H3,(H,17,19). The summed E-state index contributed by atoms with van der Waals surface area (Å²) in [6, 6.07) is 7.63. The number of nitrogens with zero attached hydrogens (tertiary/aromatic N) is 1. The summed E-state index contributed by atoms with van der Waals surface area (Å²) < 4.78 is 0. The molecule has 0 bridgehead atoms. The highest BCUT2D eigenvalue weighted by Crippen LogP contribution is 2.12. The second-order valence-corrected chi connectivity index (χ2v) is 5.91. The molecule has 6 heteroatoms. The van der Waals surface area contributed by atoms with Crippen LogP contribution in [0.25, 0.3) is 0 Å². The summed E-state index contributed by atoms with van der Waals surface area (Å²) >= 11 is 7.24. The number of thiazole rings is 1. The van der Waals surface area contributed by atoms with Crippen molar-refractivity contribution in [3.05, 3.63) is 50.9 Å². The van der Waals surface area contributed by atoms with E-state index in [2.05, 4.69) is 10.3 Å². The fraction of sp³-hybridized carbons (Fsp3) is 0.286. The smallest absolute Gasteiger partial charge is 0.270 e. The Morgan fingerprint density at radius 1 is 1.45 bits per heavy atom. The lowest BCUT2D eigenvalue weighted by Gasteiger charge is -2.13. The summed E-state index contributed by atoms with van der Waals surface area (Å²) in [5, 5.41) is 6.13. The van der Waals surface area contributed by atoms with Crippen molar-refractivity contribution < 1.29 is 4.79 Å². The van der Waals surface area contributed by atoms with E-state index in [4.69, 9.17) is 17.3 Å². The summed E-state index contributed by atoms with van der Waals surface area (Å²) in [6.45, 7) is 2.32. The fourth-order valence-corrected chi connectivity index (χ4v) is 2.61. The minimum atomic E-state index is -0.164. The molecular formula is C14H16ClN3OS. The fourth-order valence-electron chi connectivity index (χ4n) is 1.83. The number of aromatic nitrogens is 1. The first-order valence-electron chi connectivity index (χ1n) is 6.28. The third kappa shape index (κ3) is 4.03. The Hall–Kier alpha value is -1.43. The molecule has 106 valence electrons. The van der Waals surface area contributed by atoms with Crippen LogP contribution < -0.4 is 11.1 Å². The highest BCUT2D eigenvalue weighted by Gasteiger charge is 2.13. The Kier molecular flexibility index (Phi) is 5.11. The number of rotatable bonds is 5. The second-order valence-electron chi connectivity index (χ2n) is 4.54. The molecule has 3 N–H and O–H groups in total. The lowest BCUT2D eigenvalue weighted by atomic mass is 10.1. The zero-order valence-electron chi connectivity index (χ0n) is 11.1. The van der Waals surface area contributed by atoms with Crippen LogP contribution in [0.5, 0.6) is 0 Å². The molecule has 2 rings (SSSR count). The van der Waals surface area contributed by atoms with Gasteiger partial charge in [0.2, 0.25) is 0 Å². The van der Waals surface area contributed by atoms with Crippen LogP contribution >= 0.6 is 22.9 Å². The number of carbonyl (C=O) groups excluding carboxylic acids is 1. The van der Waals surface area contributed by atoms with Gasteiger partial charge in [0.1, 0.15) is 10.7 Å². The highest BCUT2D eigenvalue weighted by molar-refractivity contribution is 7.09. The van der Waals surface area contributed by atoms with Crippen molar-refractivity contribution >= 4 is 28.8 Å². The van der Waals surface area contributed by atoms with E-state index in [-0.39, 0.29) is 11.9 Å². The van der Waals surface area contributed by atoms with Crippen LogP contribution in [0.4, 0.5) is 0 Å². The van der Waals surface area contributed by atoms with Gasteiger partial charge in [-0.2, -0.15) is 0 Å². The number of nitrogens with one attached hydrogen (secondary N) is 1. The first-order valence-corrected chi connectivity index (χ1v) is 7.54. The zero-order chi connectivity index (χ0) is 14.5. The molecule has 1 heterocycles. The van der Waals surface area contributed by atoms with E-state index in [1.807, 2.05) is 31.2 Å². The SMILES string of the molecule is CC(Cc1ccc(Cl)cc1)NC(=O)c1csc(CN)n1. The van der Waals surface area contributed by atoms with Gasteiger partial charge in [-0.05, 0) is 31.0 Å². The van der Waals surface area contributed by atoms with Gasteiger partial charge in [0, 0.05) is 23.0 Å². The van der Waals surface area contributed by atoms with E-state index in [1.165, 1.54) is 11.3 Å². The topological polar surface area (TPSA) is 68.0 Å². The van der Waals surface area contributed by atoms with Crippen molar-refractivity contribution in [1.29, 1.82) is 0 Å². The number of carbonyl (C=O) groups is 1. The number of hydrogen-bond acceptors (Lipinski definition) is 4. The predicted molar refractivity (Wildman–Crippen MR) is 82.1 cm³/mol. The number of benzene rings is 1. The molecule has 1 aromatic heterocycles. The molecule has 0 spiro atoms. The van der Waals surface area contributed by atoms with E-state index in [9.17, 15) is 4.79 Å². The van der Waals surface area contributed by atoms with Gasteiger partial charge in [0.25, 0.3) is 5.91 Å².